The molecule has 4 nitrogen and oxygen atoms in total. The maximum absolute atomic E-state index is 4.85. The summed E-state index contributed by atoms with van der Waals surface area (Å²) in [5.74, 6) is 2.16. The van der Waals surface area contributed by atoms with Crippen LogP contribution in [0.15, 0.2) is 65.2 Å². The molecule has 0 radical (unpaired) electrons. The lowest BCUT2D eigenvalue weighted by Crippen LogP contribution is -2.22. The number of nitrogens with zero attached hydrogens (tertiary/aromatic N) is 2. The van der Waals surface area contributed by atoms with Crippen molar-refractivity contribution in [3.63, 3.8) is 0 Å². The third-order valence-corrected chi connectivity index (χ3v) is 5.54. The third kappa shape index (κ3) is 3.38. The Hall–Kier alpha value is -3.14. The van der Waals surface area contributed by atoms with Gasteiger partial charge >= 0.3 is 0 Å². The van der Waals surface area contributed by atoms with Crippen LogP contribution in [-0.4, -0.2) is 29.9 Å². The summed E-state index contributed by atoms with van der Waals surface area (Å²) in [6.07, 6.45) is 7.30. The Kier molecular flexibility index (Phi) is 4.86. The minimum absolute atomic E-state index is 0.225. The van der Waals surface area contributed by atoms with Crippen LogP contribution >= 0.6 is 0 Å². The molecule has 0 saturated heterocycles. The monoisotopic (exact) mass is 370 g/mol. The van der Waals surface area contributed by atoms with Crippen LogP contribution in [0.3, 0.4) is 0 Å². The molecule has 0 amide bonds. The summed E-state index contributed by atoms with van der Waals surface area (Å²) in [5, 5.41) is 3.17. The fourth-order valence-electron chi connectivity index (χ4n) is 3.76. The number of aromatic nitrogens is 2. The topological polar surface area (TPSA) is 53.1 Å². The number of benzene rings is 2. The molecule has 0 aliphatic heterocycles. The van der Waals surface area contributed by atoms with E-state index in [9.17, 15) is 0 Å². The lowest BCUT2D eigenvalue weighted by Gasteiger charge is -2.17. The van der Waals surface area contributed by atoms with Crippen molar-refractivity contribution in [3.8, 4) is 11.1 Å². The largest absolute Gasteiger partial charge is 0.373 e. The standard InChI is InChI=1S/C24H26N4/c1-15-8-9-17(12-16(15)2)18-10-11-21-22(14-18)28-24(27-21)20-7-5-6-19(13-20)23(25-3)26-4/h5-12,14,20H,13H2,1-4H3,(H,25,26)(H,27,28). The molecule has 1 aliphatic carbocycles. The predicted molar refractivity (Wildman–Crippen MR) is 118 cm³/mol. The number of aromatic amines is 1. The van der Waals surface area contributed by atoms with E-state index in [1.165, 1.54) is 27.8 Å². The number of hydrogen-bond acceptors (Lipinski definition) is 2. The zero-order valence-corrected chi connectivity index (χ0v) is 16.9. The molecule has 2 N–H and O–H groups in total. The maximum atomic E-state index is 4.85. The molecule has 2 aromatic carbocycles. The van der Waals surface area contributed by atoms with Gasteiger partial charge in [-0.2, -0.15) is 0 Å². The van der Waals surface area contributed by atoms with Crippen molar-refractivity contribution in [1.29, 1.82) is 0 Å². The molecule has 1 unspecified atom stereocenters. The number of H-pyrrole nitrogens is 1. The molecule has 4 rings (SSSR count). The SMILES string of the molecule is CN=C(NC)C1=CC=CC(c2nc3ccc(-c4ccc(C)c(C)c4)cc3[nH]2)C1. The molecule has 0 saturated carbocycles. The van der Waals surface area contributed by atoms with Crippen LogP contribution in [0, 0.1) is 13.8 Å². The average Bonchev–Trinajstić information content (AvgIpc) is 3.15. The summed E-state index contributed by atoms with van der Waals surface area (Å²) >= 11 is 0. The Morgan fingerprint density at radius 3 is 2.64 bits per heavy atom. The zero-order chi connectivity index (χ0) is 19.7. The molecule has 142 valence electrons. The highest BCUT2D eigenvalue weighted by Crippen LogP contribution is 2.30. The first-order valence-electron chi connectivity index (χ1n) is 9.68. The minimum atomic E-state index is 0.225. The van der Waals surface area contributed by atoms with Gasteiger partial charge in [-0.05, 0) is 60.2 Å². The van der Waals surface area contributed by atoms with Crippen molar-refractivity contribution < 1.29 is 0 Å². The Morgan fingerprint density at radius 2 is 1.89 bits per heavy atom. The summed E-state index contributed by atoms with van der Waals surface area (Å²) in [5.41, 5.74) is 8.36. The van der Waals surface area contributed by atoms with Crippen LogP contribution in [-0.2, 0) is 0 Å². The number of aryl methyl sites for hydroxylation is 2. The molecule has 0 spiro atoms. The summed E-state index contributed by atoms with van der Waals surface area (Å²) in [6.45, 7) is 4.30. The molecule has 0 fully saturated rings. The van der Waals surface area contributed by atoms with Crippen molar-refractivity contribution in [2.75, 3.05) is 14.1 Å². The Morgan fingerprint density at radius 1 is 1.11 bits per heavy atom. The third-order valence-electron chi connectivity index (χ3n) is 5.54. The van der Waals surface area contributed by atoms with E-state index in [4.69, 9.17) is 4.98 Å². The predicted octanol–water partition coefficient (Wildman–Crippen LogP) is 5.06. The molecule has 4 heteroatoms. The molecule has 28 heavy (non-hydrogen) atoms. The minimum Gasteiger partial charge on any atom is -0.373 e. The molecule has 3 aromatic rings. The van der Waals surface area contributed by atoms with E-state index in [2.05, 4.69) is 83.8 Å². The molecule has 1 atom stereocenters. The van der Waals surface area contributed by atoms with Gasteiger partial charge in [0.05, 0.1) is 11.0 Å². The van der Waals surface area contributed by atoms with Gasteiger partial charge in [0.1, 0.15) is 11.7 Å². The van der Waals surface area contributed by atoms with Crippen LogP contribution in [0.1, 0.15) is 29.3 Å². The number of aliphatic imine (C=N–C) groups is 1. The quantitative estimate of drug-likeness (QED) is 0.500. The summed E-state index contributed by atoms with van der Waals surface area (Å²) in [4.78, 5) is 12.7. The fourth-order valence-corrected chi connectivity index (χ4v) is 3.76. The molecular formula is C24H26N4. The first-order chi connectivity index (χ1) is 13.6. The van der Waals surface area contributed by atoms with Crippen molar-refractivity contribution >= 4 is 16.9 Å². The first kappa shape index (κ1) is 18.2. The van der Waals surface area contributed by atoms with Gasteiger partial charge in [-0.3, -0.25) is 4.99 Å². The van der Waals surface area contributed by atoms with Gasteiger partial charge in [0, 0.05) is 20.0 Å². The zero-order valence-electron chi connectivity index (χ0n) is 16.9. The average molecular weight is 371 g/mol. The number of rotatable bonds is 3. The van der Waals surface area contributed by atoms with E-state index in [1.54, 1.807) is 0 Å². The molecular weight excluding hydrogens is 344 g/mol. The van der Waals surface area contributed by atoms with Gasteiger partial charge < -0.3 is 10.3 Å². The Balaban J connectivity index is 1.65. The Bertz CT molecular complexity index is 1110. The fraction of sp³-hybridized carbons (Fsp3) is 0.250. The molecule has 1 aliphatic rings. The second-order valence-electron chi connectivity index (χ2n) is 7.36. The van der Waals surface area contributed by atoms with Crippen LogP contribution in [0.2, 0.25) is 0 Å². The van der Waals surface area contributed by atoms with Crippen LogP contribution < -0.4 is 5.32 Å². The van der Waals surface area contributed by atoms with Gasteiger partial charge in [-0.15, -0.1) is 0 Å². The highest BCUT2D eigenvalue weighted by molar-refractivity contribution is 5.98. The second-order valence-corrected chi connectivity index (χ2v) is 7.36. The van der Waals surface area contributed by atoms with Gasteiger partial charge in [0.15, 0.2) is 0 Å². The highest BCUT2D eigenvalue weighted by Gasteiger charge is 2.19. The van der Waals surface area contributed by atoms with Crippen molar-refractivity contribution in [1.82, 2.24) is 15.3 Å². The number of allylic oxidation sites excluding steroid dienone is 3. The summed E-state index contributed by atoms with van der Waals surface area (Å²) < 4.78 is 0. The summed E-state index contributed by atoms with van der Waals surface area (Å²) in [7, 11) is 3.72. The highest BCUT2D eigenvalue weighted by atomic mass is 15.0. The van der Waals surface area contributed by atoms with Crippen LogP contribution in [0.25, 0.3) is 22.2 Å². The number of nitrogens with one attached hydrogen (secondary N) is 2. The number of fused-ring (bicyclic) bond motifs is 1. The van der Waals surface area contributed by atoms with Gasteiger partial charge in [-0.25, -0.2) is 4.98 Å². The first-order valence-corrected chi connectivity index (χ1v) is 9.68. The maximum Gasteiger partial charge on any atom is 0.123 e. The number of amidine groups is 1. The van der Waals surface area contributed by atoms with E-state index < -0.39 is 0 Å². The molecule has 1 aromatic heterocycles. The lowest BCUT2D eigenvalue weighted by atomic mass is 9.93. The smallest absolute Gasteiger partial charge is 0.123 e. The van der Waals surface area contributed by atoms with E-state index >= 15 is 0 Å². The van der Waals surface area contributed by atoms with Crippen LogP contribution in [0.4, 0.5) is 0 Å². The van der Waals surface area contributed by atoms with E-state index in [-0.39, 0.29) is 5.92 Å². The lowest BCUT2D eigenvalue weighted by molar-refractivity contribution is 0.777. The van der Waals surface area contributed by atoms with Gasteiger partial charge in [0.25, 0.3) is 0 Å². The van der Waals surface area contributed by atoms with Crippen molar-refractivity contribution in [2.45, 2.75) is 26.2 Å². The van der Waals surface area contributed by atoms with Gasteiger partial charge in [-0.1, -0.05) is 42.5 Å². The van der Waals surface area contributed by atoms with Crippen LogP contribution in [0.5, 0.6) is 0 Å². The van der Waals surface area contributed by atoms with E-state index in [0.717, 1.165) is 29.1 Å². The van der Waals surface area contributed by atoms with E-state index in [0.29, 0.717) is 0 Å². The second kappa shape index (κ2) is 7.47. The molecule has 0 bridgehead atoms. The Labute approximate surface area is 166 Å². The van der Waals surface area contributed by atoms with Gasteiger partial charge in [0.2, 0.25) is 0 Å². The van der Waals surface area contributed by atoms with Crippen molar-refractivity contribution in [3.05, 3.63) is 77.2 Å². The van der Waals surface area contributed by atoms with E-state index in [1.807, 2.05) is 14.1 Å². The summed E-state index contributed by atoms with van der Waals surface area (Å²) in [6, 6.07) is 13.1. The van der Waals surface area contributed by atoms with Crippen molar-refractivity contribution in [2.24, 2.45) is 4.99 Å². The number of hydrogen-bond donors (Lipinski definition) is 2. The molecule has 1 heterocycles. The number of imidazole rings is 1. The normalized spacial score (nSPS) is 17.1. The number of likely N-dealkylation sites (N-methyl/N-ethyl adjacent to an activating group) is 1.